The highest BCUT2D eigenvalue weighted by Gasteiger charge is 2.48. The van der Waals surface area contributed by atoms with E-state index in [1.807, 2.05) is 122 Å². The van der Waals surface area contributed by atoms with Crippen LogP contribution >= 0.6 is 0 Å². The molecular weight excluding hydrogens is 430 g/mol. The summed E-state index contributed by atoms with van der Waals surface area (Å²) in [6.07, 6.45) is 1.59. The average molecular weight is 462 g/mol. The summed E-state index contributed by atoms with van der Waals surface area (Å²) in [4.78, 5) is 16.0. The molecule has 1 fully saturated rings. The minimum Gasteiger partial charge on any atom is -0.378 e. The SMILES string of the molecule is Cc1ccccc1C(O)(c1ccccc1C)[C@@H]1CCCN1C(=O)c1ccccc1-c1ccccc1. The lowest BCUT2D eigenvalue weighted by molar-refractivity contribution is -0.00152. The number of carbonyl (C=O) groups is 1. The Morgan fingerprint density at radius 3 is 1.94 bits per heavy atom. The third-order valence-corrected chi connectivity index (χ3v) is 7.35. The van der Waals surface area contributed by atoms with Gasteiger partial charge < -0.3 is 10.0 Å². The summed E-state index contributed by atoms with van der Waals surface area (Å²) < 4.78 is 0. The van der Waals surface area contributed by atoms with Crippen molar-refractivity contribution >= 4 is 5.91 Å². The van der Waals surface area contributed by atoms with E-state index >= 15 is 0 Å². The molecule has 0 saturated carbocycles. The van der Waals surface area contributed by atoms with E-state index in [9.17, 15) is 9.90 Å². The molecule has 5 rings (SSSR count). The number of carbonyl (C=O) groups excluding carboxylic acids is 1. The number of hydrogen-bond acceptors (Lipinski definition) is 2. The van der Waals surface area contributed by atoms with Gasteiger partial charge in [0.1, 0.15) is 5.60 Å². The molecular formula is C32H31NO2. The molecule has 1 atom stereocenters. The zero-order valence-corrected chi connectivity index (χ0v) is 20.3. The predicted octanol–water partition coefficient (Wildman–Crippen LogP) is 6.51. The first-order chi connectivity index (χ1) is 17.0. The second-order valence-electron chi connectivity index (χ2n) is 9.46. The summed E-state index contributed by atoms with van der Waals surface area (Å²) in [5, 5.41) is 12.7. The number of aryl methyl sites for hydroxylation is 2. The van der Waals surface area contributed by atoms with Crippen molar-refractivity contribution < 1.29 is 9.90 Å². The molecule has 35 heavy (non-hydrogen) atoms. The highest BCUT2D eigenvalue weighted by molar-refractivity contribution is 6.01. The van der Waals surface area contributed by atoms with Crippen LogP contribution in [0.1, 0.15) is 45.5 Å². The maximum atomic E-state index is 14.1. The van der Waals surface area contributed by atoms with Crippen LogP contribution in [-0.2, 0) is 5.60 Å². The quantitative estimate of drug-likeness (QED) is 0.368. The first-order valence-electron chi connectivity index (χ1n) is 12.3. The van der Waals surface area contributed by atoms with Gasteiger partial charge in [0.15, 0.2) is 0 Å². The van der Waals surface area contributed by atoms with Gasteiger partial charge in [0.2, 0.25) is 0 Å². The monoisotopic (exact) mass is 461 g/mol. The first-order valence-corrected chi connectivity index (χ1v) is 12.3. The van der Waals surface area contributed by atoms with Crippen LogP contribution < -0.4 is 0 Å². The van der Waals surface area contributed by atoms with E-state index in [0.717, 1.165) is 46.2 Å². The van der Waals surface area contributed by atoms with Crippen molar-refractivity contribution in [2.75, 3.05) is 6.54 Å². The minimum atomic E-state index is -1.31. The van der Waals surface area contributed by atoms with Gasteiger partial charge >= 0.3 is 0 Å². The lowest BCUT2D eigenvalue weighted by atomic mass is 9.75. The first kappa shape index (κ1) is 23.1. The molecule has 1 aliphatic heterocycles. The summed E-state index contributed by atoms with van der Waals surface area (Å²) in [6.45, 7) is 4.68. The van der Waals surface area contributed by atoms with Crippen molar-refractivity contribution in [1.82, 2.24) is 4.90 Å². The zero-order chi connectivity index (χ0) is 24.4. The van der Waals surface area contributed by atoms with Crippen LogP contribution in [0.5, 0.6) is 0 Å². The van der Waals surface area contributed by atoms with E-state index in [1.165, 1.54) is 0 Å². The number of aliphatic hydroxyl groups is 1. The molecule has 0 spiro atoms. The predicted molar refractivity (Wildman–Crippen MR) is 141 cm³/mol. The van der Waals surface area contributed by atoms with Crippen LogP contribution in [0.3, 0.4) is 0 Å². The van der Waals surface area contributed by atoms with Crippen molar-refractivity contribution in [3.8, 4) is 11.1 Å². The lowest BCUT2D eigenvalue weighted by Gasteiger charge is -2.41. The fourth-order valence-corrected chi connectivity index (χ4v) is 5.64. The smallest absolute Gasteiger partial charge is 0.254 e. The van der Waals surface area contributed by atoms with E-state index in [-0.39, 0.29) is 11.9 Å². The van der Waals surface area contributed by atoms with Crippen molar-refractivity contribution in [1.29, 1.82) is 0 Å². The van der Waals surface area contributed by atoms with E-state index in [2.05, 4.69) is 0 Å². The molecule has 176 valence electrons. The van der Waals surface area contributed by atoms with Crippen LogP contribution in [0.2, 0.25) is 0 Å². The number of rotatable bonds is 5. The molecule has 3 heteroatoms. The summed E-state index contributed by atoms with van der Waals surface area (Å²) in [7, 11) is 0. The molecule has 4 aromatic rings. The number of hydrogen-bond donors (Lipinski definition) is 1. The molecule has 1 aliphatic rings. The van der Waals surface area contributed by atoms with Gasteiger partial charge in [-0.2, -0.15) is 0 Å². The fraction of sp³-hybridized carbons (Fsp3) is 0.219. The van der Waals surface area contributed by atoms with E-state index < -0.39 is 5.60 Å². The summed E-state index contributed by atoms with van der Waals surface area (Å²) in [6, 6.07) is 33.4. The van der Waals surface area contributed by atoms with Crippen LogP contribution in [0, 0.1) is 13.8 Å². The molecule has 0 unspecified atom stereocenters. The summed E-state index contributed by atoms with van der Waals surface area (Å²) in [5.74, 6) is -0.0347. The minimum absolute atomic E-state index is 0.0347. The number of benzene rings is 4. The van der Waals surface area contributed by atoms with Crippen molar-refractivity contribution in [2.24, 2.45) is 0 Å². The van der Waals surface area contributed by atoms with Gasteiger partial charge in [-0.25, -0.2) is 0 Å². The molecule has 0 radical (unpaired) electrons. The normalized spacial score (nSPS) is 15.9. The van der Waals surface area contributed by atoms with Gasteiger partial charge in [0.05, 0.1) is 6.04 Å². The van der Waals surface area contributed by atoms with Crippen molar-refractivity contribution in [3.05, 3.63) is 131 Å². The van der Waals surface area contributed by atoms with Crippen LogP contribution in [0.15, 0.2) is 103 Å². The number of likely N-dealkylation sites (tertiary alicyclic amines) is 1. The Morgan fingerprint density at radius 1 is 0.771 bits per heavy atom. The van der Waals surface area contributed by atoms with Gasteiger partial charge in [-0.05, 0) is 66.1 Å². The van der Waals surface area contributed by atoms with Gasteiger partial charge in [-0.3, -0.25) is 4.79 Å². The molecule has 3 nitrogen and oxygen atoms in total. The Balaban J connectivity index is 1.63. The second-order valence-corrected chi connectivity index (χ2v) is 9.46. The molecule has 0 aromatic heterocycles. The highest BCUT2D eigenvalue weighted by Crippen LogP contribution is 2.43. The lowest BCUT2D eigenvalue weighted by Crippen LogP contribution is -2.51. The van der Waals surface area contributed by atoms with Gasteiger partial charge in [0.25, 0.3) is 5.91 Å². The zero-order valence-electron chi connectivity index (χ0n) is 20.3. The molecule has 0 aliphatic carbocycles. The average Bonchev–Trinajstić information content (AvgIpc) is 3.40. The Hall–Kier alpha value is -3.69. The van der Waals surface area contributed by atoms with E-state index in [0.29, 0.717) is 12.1 Å². The number of nitrogens with zero attached hydrogens (tertiary/aromatic N) is 1. The topological polar surface area (TPSA) is 40.5 Å². The van der Waals surface area contributed by atoms with Crippen molar-refractivity contribution in [3.63, 3.8) is 0 Å². The maximum absolute atomic E-state index is 14.1. The van der Waals surface area contributed by atoms with Gasteiger partial charge in [-0.1, -0.05) is 97.1 Å². The molecule has 1 saturated heterocycles. The number of amides is 1. The molecule has 1 amide bonds. The maximum Gasteiger partial charge on any atom is 0.254 e. The van der Waals surface area contributed by atoms with Gasteiger partial charge in [-0.15, -0.1) is 0 Å². The molecule has 1 heterocycles. The highest BCUT2D eigenvalue weighted by atomic mass is 16.3. The molecule has 0 bridgehead atoms. The standard InChI is InChI=1S/C32H31NO2/c1-23-13-6-10-19-28(23)32(35,29-20-11-7-14-24(29)2)30-21-12-22-33(30)31(34)27-18-9-8-17-26(27)25-15-4-3-5-16-25/h3-11,13-20,30,35H,12,21-22H2,1-2H3/t30-/m0/s1. The third-order valence-electron chi connectivity index (χ3n) is 7.35. The van der Waals surface area contributed by atoms with Crippen LogP contribution in [0.4, 0.5) is 0 Å². The summed E-state index contributed by atoms with van der Waals surface area (Å²) >= 11 is 0. The second kappa shape index (κ2) is 9.52. The Bertz CT molecular complexity index is 1300. The van der Waals surface area contributed by atoms with Crippen LogP contribution in [-0.4, -0.2) is 28.5 Å². The fourth-order valence-electron chi connectivity index (χ4n) is 5.64. The summed E-state index contributed by atoms with van der Waals surface area (Å²) in [5.41, 5.74) is 5.03. The Labute approximate surface area is 207 Å². The third kappa shape index (κ3) is 4.06. The van der Waals surface area contributed by atoms with E-state index in [4.69, 9.17) is 0 Å². The van der Waals surface area contributed by atoms with Crippen molar-refractivity contribution in [2.45, 2.75) is 38.3 Å². The van der Waals surface area contributed by atoms with E-state index in [1.54, 1.807) is 0 Å². The van der Waals surface area contributed by atoms with Crippen LogP contribution in [0.25, 0.3) is 11.1 Å². The largest absolute Gasteiger partial charge is 0.378 e. The Morgan fingerprint density at radius 2 is 1.31 bits per heavy atom. The Kier molecular flexibility index (Phi) is 6.27. The molecule has 1 N–H and O–H groups in total. The molecule has 4 aromatic carbocycles. The van der Waals surface area contributed by atoms with Gasteiger partial charge in [0, 0.05) is 12.1 Å².